The second-order valence-electron chi connectivity index (χ2n) is 3.73. The second kappa shape index (κ2) is 7.02. The minimum atomic E-state index is 0.883. The molecule has 0 atom stereocenters. The first-order valence-electron chi connectivity index (χ1n) is 5.78. The van der Waals surface area contributed by atoms with Crippen molar-refractivity contribution < 1.29 is 0 Å². The van der Waals surface area contributed by atoms with Gasteiger partial charge in [-0.15, -0.1) is 11.3 Å². The molecule has 0 spiro atoms. The van der Waals surface area contributed by atoms with Gasteiger partial charge in [-0.2, -0.15) is 0 Å². The van der Waals surface area contributed by atoms with Gasteiger partial charge < -0.3 is 0 Å². The molecule has 0 aliphatic heterocycles. The van der Waals surface area contributed by atoms with Crippen LogP contribution in [0.5, 0.6) is 0 Å². The highest BCUT2D eigenvalue weighted by Crippen LogP contribution is 2.21. The van der Waals surface area contributed by atoms with Crippen LogP contribution in [-0.4, -0.2) is 4.98 Å². The van der Waals surface area contributed by atoms with Crippen molar-refractivity contribution in [3.63, 3.8) is 0 Å². The van der Waals surface area contributed by atoms with E-state index in [-0.39, 0.29) is 0 Å². The zero-order chi connectivity index (χ0) is 12.7. The van der Waals surface area contributed by atoms with Crippen LogP contribution in [0.15, 0.2) is 43.0 Å². The van der Waals surface area contributed by atoms with Gasteiger partial charge in [0.05, 0.1) is 10.7 Å². The van der Waals surface area contributed by atoms with Gasteiger partial charge in [-0.3, -0.25) is 0 Å². The third-order valence-electron chi connectivity index (χ3n) is 2.35. The molecule has 0 saturated heterocycles. The molecule has 90 valence electrons. The van der Waals surface area contributed by atoms with Crippen LogP contribution in [0.25, 0.3) is 6.08 Å². The summed E-state index contributed by atoms with van der Waals surface area (Å²) in [5.41, 5.74) is 2.36. The van der Waals surface area contributed by atoms with Gasteiger partial charge in [0.15, 0.2) is 0 Å². The molecule has 2 heteroatoms. The molecule has 1 rings (SSSR count). The molecule has 0 unspecified atom stereocenters. The van der Waals surface area contributed by atoms with Crippen molar-refractivity contribution in [3.8, 4) is 0 Å². The minimum Gasteiger partial charge on any atom is -0.245 e. The fourth-order valence-electron chi connectivity index (χ4n) is 1.50. The maximum absolute atomic E-state index is 4.60. The Balaban J connectivity index is 2.69. The molecule has 1 nitrogen and oxygen atoms in total. The molecule has 0 aliphatic rings. The molecule has 0 bridgehead atoms. The van der Waals surface area contributed by atoms with E-state index in [0.717, 1.165) is 23.5 Å². The van der Waals surface area contributed by atoms with Crippen LogP contribution in [0.3, 0.4) is 0 Å². The molecule has 1 aromatic rings. The molecule has 0 aromatic carbocycles. The Bertz CT molecular complexity index is 449. The van der Waals surface area contributed by atoms with Crippen LogP contribution >= 0.6 is 11.3 Å². The molecule has 0 radical (unpaired) electrons. The van der Waals surface area contributed by atoms with E-state index in [1.165, 1.54) is 10.5 Å². The normalized spacial score (nSPS) is 12.0. The standard InChI is InChI=1S/C15H19NS/c1-5-9-12(4)10-8-11-15-16-13(6-2)14(7-3)17-15/h5,7-10H,1,3,6,11H2,2,4H3/b10-8-,12-9-. The summed E-state index contributed by atoms with van der Waals surface area (Å²) in [6.45, 7) is 11.7. The average Bonchev–Trinajstić information content (AvgIpc) is 2.72. The summed E-state index contributed by atoms with van der Waals surface area (Å²) >= 11 is 1.73. The Labute approximate surface area is 108 Å². The average molecular weight is 245 g/mol. The van der Waals surface area contributed by atoms with E-state index in [1.54, 1.807) is 17.4 Å². The lowest BCUT2D eigenvalue weighted by Gasteiger charge is -1.89. The number of aromatic nitrogens is 1. The SMILES string of the molecule is C=C/C=C(C)\C=C/Cc1nc(CC)c(C=C)s1. The van der Waals surface area contributed by atoms with Gasteiger partial charge in [0.2, 0.25) is 0 Å². The molecular formula is C15H19NS. The van der Waals surface area contributed by atoms with E-state index in [9.17, 15) is 0 Å². The smallest absolute Gasteiger partial charge is 0.0972 e. The zero-order valence-electron chi connectivity index (χ0n) is 10.6. The Morgan fingerprint density at radius 2 is 2.18 bits per heavy atom. The summed E-state index contributed by atoms with van der Waals surface area (Å²) < 4.78 is 0. The summed E-state index contributed by atoms with van der Waals surface area (Å²) in [4.78, 5) is 5.80. The van der Waals surface area contributed by atoms with Gasteiger partial charge in [-0.25, -0.2) is 4.98 Å². The summed E-state index contributed by atoms with van der Waals surface area (Å²) in [6, 6.07) is 0. The van der Waals surface area contributed by atoms with Crippen molar-refractivity contribution in [3.05, 3.63) is 58.6 Å². The number of nitrogens with zero attached hydrogens (tertiary/aromatic N) is 1. The van der Waals surface area contributed by atoms with E-state index in [4.69, 9.17) is 0 Å². The van der Waals surface area contributed by atoms with Crippen molar-refractivity contribution in [1.82, 2.24) is 4.98 Å². The number of allylic oxidation sites excluding steroid dienone is 5. The largest absolute Gasteiger partial charge is 0.245 e. The molecule has 0 amide bonds. The summed E-state index contributed by atoms with van der Waals surface area (Å²) in [5.74, 6) is 0. The maximum atomic E-state index is 4.60. The Morgan fingerprint density at radius 1 is 1.41 bits per heavy atom. The fourth-order valence-corrected chi connectivity index (χ4v) is 2.48. The van der Waals surface area contributed by atoms with Crippen molar-refractivity contribution in [1.29, 1.82) is 0 Å². The van der Waals surface area contributed by atoms with E-state index >= 15 is 0 Å². The van der Waals surface area contributed by atoms with Crippen molar-refractivity contribution >= 4 is 17.4 Å². The highest BCUT2D eigenvalue weighted by molar-refractivity contribution is 7.12. The van der Waals surface area contributed by atoms with Crippen molar-refractivity contribution in [2.24, 2.45) is 0 Å². The van der Waals surface area contributed by atoms with E-state index in [0.29, 0.717) is 0 Å². The van der Waals surface area contributed by atoms with Crippen LogP contribution in [0.1, 0.15) is 29.4 Å². The number of thiazole rings is 1. The van der Waals surface area contributed by atoms with Gasteiger partial charge in [0.25, 0.3) is 0 Å². The highest BCUT2D eigenvalue weighted by atomic mass is 32.1. The van der Waals surface area contributed by atoms with Gasteiger partial charge in [-0.05, 0) is 13.3 Å². The number of rotatable bonds is 6. The van der Waals surface area contributed by atoms with Gasteiger partial charge in [0.1, 0.15) is 0 Å². The number of hydrogen-bond acceptors (Lipinski definition) is 2. The monoisotopic (exact) mass is 245 g/mol. The van der Waals surface area contributed by atoms with Gasteiger partial charge >= 0.3 is 0 Å². The third kappa shape index (κ3) is 4.16. The summed E-state index contributed by atoms with van der Waals surface area (Å²) in [7, 11) is 0. The first-order chi connectivity index (χ1) is 8.21. The Hall–Kier alpha value is -1.41. The summed E-state index contributed by atoms with van der Waals surface area (Å²) in [5, 5.41) is 1.15. The van der Waals surface area contributed by atoms with Crippen LogP contribution in [0.4, 0.5) is 0 Å². The predicted octanol–water partition coefficient (Wildman–Crippen LogP) is 4.58. The molecule has 0 aliphatic carbocycles. The van der Waals surface area contributed by atoms with Gasteiger partial charge in [-0.1, -0.05) is 56.0 Å². The molecular weight excluding hydrogens is 226 g/mol. The number of hydrogen-bond donors (Lipinski definition) is 0. The van der Waals surface area contributed by atoms with Crippen molar-refractivity contribution in [2.45, 2.75) is 26.7 Å². The van der Waals surface area contributed by atoms with Crippen LogP contribution < -0.4 is 0 Å². The maximum Gasteiger partial charge on any atom is 0.0972 e. The van der Waals surface area contributed by atoms with Gasteiger partial charge in [0, 0.05) is 11.3 Å². The second-order valence-corrected chi connectivity index (χ2v) is 4.84. The molecule has 1 heterocycles. The molecule has 0 saturated carbocycles. The fraction of sp³-hybridized carbons (Fsp3) is 0.267. The molecule has 1 aromatic heterocycles. The van der Waals surface area contributed by atoms with E-state index in [1.807, 2.05) is 12.2 Å². The topological polar surface area (TPSA) is 12.9 Å². The quantitative estimate of drug-likeness (QED) is 0.668. The lowest BCUT2D eigenvalue weighted by molar-refractivity contribution is 1.02. The Kier molecular flexibility index (Phi) is 5.64. The van der Waals surface area contributed by atoms with Crippen molar-refractivity contribution in [2.75, 3.05) is 0 Å². The lowest BCUT2D eigenvalue weighted by Crippen LogP contribution is -1.84. The number of aryl methyl sites for hydroxylation is 1. The van der Waals surface area contributed by atoms with E-state index in [2.05, 4.69) is 44.1 Å². The minimum absolute atomic E-state index is 0.883. The van der Waals surface area contributed by atoms with Crippen LogP contribution in [-0.2, 0) is 12.8 Å². The Morgan fingerprint density at radius 3 is 2.71 bits per heavy atom. The van der Waals surface area contributed by atoms with Crippen LogP contribution in [0.2, 0.25) is 0 Å². The molecule has 17 heavy (non-hydrogen) atoms. The molecule has 0 fully saturated rings. The summed E-state index contributed by atoms with van der Waals surface area (Å²) in [6.07, 6.45) is 11.8. The van der Waals surface area contributed by atoms with Crippen LogP contribution in [0, 0.1) is 0 Å². The third-order valence-corrected chi connectivity index (χ3v) is 3.46. The first-order valence-corrected chi connectivity index (χ1v) is 6.59. The molecule has 0 N–H and O–H groups in total. The highest BCUT2D eigenvalue weighted by Gasteiger charge is 2.05. The first kappa shape index (κ1) is 13.7. The van der Waals surface area contributed by atoms with E-state index < -0.39 is 0 Å². The zero-order valence-corrected chi connectivity index (χ0v) is 11.4. The lowest BCUT2D eigenvalue weighted by atomic mass is 10.2. The predicted molar refractivity (Wildman–Crippen MR) is 78.4 cm³/mol.